The van der Waals surface area contributed by atoms with E-state index in [1.165, 1.54) is 0 Å². The van der Waals surface area contributed by atoms with Crippen molar-refractivity contribution in [2.75, 3.05) is 31.1 Å². The van der Waals surface area contributed by atoms with Crippen LogP contribution in [-0.4, -0.2) is 55.2 Å². The number of rotatable bonds is 7. The minimum Gasteiger partial charge on any atom is -0.390 e. The molecule has 1 rings (SSSR count). The van der Waals surface area contributed by atoms with E-state index >= 15 is 0 Å². The summed E-state index contributed by atoms with van der Waals surface area (Å²) in [7, 11) is -2.90. The second kappa shape index (κ2) is 7.04. The first-order valence-corrected chi connectivity index (χ1v) is 9.24. The number of piperidine rings is 1. The normalized spacial score (nSPS) is 20.9. The van der Waals surface area contributed by atoms with Gasteiger partial charge in [0.25, 0.3) is 0 Å². The number of nitrogens with zero attached hydrogens (tertiary/aromatic N) is 1. The first kappa shape index (κ1) is 16.9. The molecule has 0 radical (unpaired) electrons. The van der Waals surface area contributed by atoms with Crippen LogP contribution < -0.4 is 0 Å². The molecule has 0 amide bonds. The first-order valence-electron chi connectivity index (χ1n) is 7.41. The number of hydrogen-bond donors (Lipinski definition) is 1. The van der Waals surface area contributed by atoms with Crippen LogP contribution >= 0.6 is 0 Å². The largest absolute Gasteiger partial charge is 0.390 e. The fourth-order valence-corrected chi connectivity index (χ4v) is 3.56. The molecule has 1 N–H and O–H groups in total. The van der Waals surface area contributed by atoms with Gasteiger partial charge in [-0.15, -0.1) is 0 Å². The van der Waals surface area contributed by atoms with Gasteiger partial charge in [-0.05, 0) is 31.6 Å². The molecule has 0 aromatic rings. The zero-order valence-corrected chi connectivity index (χ0v) is 13.4. The number of aliphatic hydroxyl groups is 1. The van der Waals surface area contributed by atoms with E-state index in [9.17, 15) is 13.5 Å². The van der Waals surface area contributed by atoms with Crippen molar-refractivity contribution in [3.05, 3.63) is 0 Å². The maximum atomic E-state index is 11.4. The van der Waals surface area contributed by atoms with Crippen LogP contribution in [-0.2, 0) is 9.84 Å². The van der Waals surface area contributed by atoms with E-state index in [1.54, 1.807) is 6.92 Å². The summed E-state index contributed by atoms with van der Waals surface area (Å²) < 4.78 is 22.9. The Morgan fingerprint density at radius 3 is 2.32 bits per heavy atom. The molecule has 0 saturated carbocycles. The van der Waals surface area contributed by atoms with Crippen molar-refractivity contribution in [3.8, 4) is 0 Å². The highest BCUT2D eigenvalue weighted by atomic mass is 32.2. The van der Waals surface area contributed by atoms with E-state index in [-0.39, 0.29) is 11.5 Å². The summed E-state index contributed by atoms with van der Waals surface area (Å²) in [6, 6.07) is 0. The smallest absolute Gasteiger partial charge is 0.150 e. The van der Waals surface area contributed by atoms with Gasteiger partial charge in [0.1, 0.15) is 9.84 Å². The van der Waals surface area contributed by atoms with Gasteiger partial charge in [-0.2, -0.15) is 0 Å². The molecule has 1 aliphatic rings. The van der Waals surface area contributed by atoms with Gasteiger partial charge in [0, 0.05) is 25.4 Å². The molecule has 0 aromatic carbocycles. The van der Waals surface area contributed by atoms with Gasteiger partial charge >= 0.3 is 0 Å². The third kappa shape index (κ3) is 6.23. The third-order valence-corrected chi connectivity index (χ3v) is 5.74. The lowest BCUT2D eigenvalue weighted by atomic mass is 9.87. The molecule has 1 aliphatic heterocycles. The van der Waals surface area contributed by atoms with Crippen LogP contribution in [0.4, 0.5) is 0 Å². The van der Waals surface area contributed by atoms with Crippen LogP contribution in [0.1, 0.15) is 46.5 Å². The predicted octanol–water partition coefficient (Wildman–Crippen LogP) is 1.68. The molecule has 0 spiro atoms. The van der Waals surface area contributed by atoms with Crippen LogP contribution in [0.15, 0.2) is 0 Å². The average Bonchev–Trinajstić information content (AvgIpc) is 2.32. The minimum absolute atomic E-state index is 0.202. The maximum absolute atomic E-state index is 11.4. The SMILES string of the molecule is CCS(=O)(=O)CCCC1(O)CCN(CC(C)C)CC1. The fraction of sp³-hybridized carbons (Fsp3) is 1.00. The number of sulfone groups is 1. The van der Waals surface area contributed by atoms with E-state index in [1.807, 2.05) is 0 Å². The predicted molar refractivity (Wildman–Crippen MR) is 79.0 cm³/mol. The molecule has 1 heterocycles. The van der Waals surface area contributed by atoms with Crippen LogP contribution in [0.5, 0.6) is 0 Å². The second-order valence-corrected chi connectivity index (χ2v) is 8.73. The van der Waals surface area contributed by atoms with E-state index in [0.717, 1.165) is 32.5 Å². The Hall–Kier alpha value is -0.130. The Kier molecular flexibility index (Phi) is 6.27. The van der Waals surface area contributed by atoms with E-state index in [4.69, 9.17) is 0 Å². The van der Waals surface area contributed by atoms with Crippen LogP contribution in [0.25, 0.3) is 0 Å². The standard InChI is InChI=1S/C14H29NO3S/c1-4-19(17,18)11-5-6-14(16)7-9-15(10-8-14)12-13(2)3/h13,16H,4-12H2,1-3H3. The lowest BCUT2D eigenvalue weighted by Crippen LogP contribution is -2.45. The monoisotopic (exact) mass is 291 g/mol. The summed E-state index contributed by atoms with van der Waals surface area (Å²) in [5.74, 6) is 1.07. The zero-order chi connectivity index (χ0) is 14.5. The lowest BCUT2D eigenvalue weighted by Gasteiger charge is -2.39. The molecule has 0 atom stereocenters. The van der Waals surface area contributed by atoms with Crippen molar-refractivity contribution < 1.29 is 13.5 Å². The average molecular weight is 291 g/mol. The Balaban J connectivity index is 2.32. The fourth-order valence-electron chi connectivity index (χ4n) is 2.68. The molecule has 0 bridgehead atoms. The van der Waals surface area contributed by atoms with Crippen molar-refractivity contribution in [1.82, 2.24) is 4.90 Å². The molecule has 4 nitrogen and oxygen atoms in total. The summed E-state index contributed by atoms with van der Waals surface area (Å²) >= 11 is 0. The van der Waals surface area contributed by atoms with Gasteiger partial charge in [-0.1, -0.05) is 20.8 Å². The lowest BCUT2D eigenvalue weighted by molar-refractivity contribution is -0.0298. The second-order valence-electron chi connectivity index (χ2n) is 6.26. The molecule has 5 heteroatoms. The highest BCUT2D eigenvalue weighted by Crippen LogP contribution is 2.27. The van der Waals surface area contributed by atoms with Gasteiger partial charge in [-0.25, -0.2) is 8.42 Å². The minimum atomic E-state index is -2.90. The molecule has 1 fully saturated rings. The van der Waals surface area contributed by atoms with Crippen molar-refractivity contribution in [2.24, 2.45) is 5.92 Å². The number of likely N-dealkylation sites (tertiary alicyclic amines) is 1. The van der Waals surface area contributed by atoms with Crippen LogP contribution in [0.2, 0.25) is 0 Å². The summed E-state index contributed by atoms with van der Waals surface area (Å²) in [4.78, 5) is 2.39. The van der Waals surface area contributed by atoms with E-state index < -0.39 is 15.4 Å². The van der Waals surface area contributed by atoms with Gasteiger partial charge in [0.05, 0.1) is 11.4 Å². The highest BCUT2D eigenvalue weighted by molar-refractivity contribution is 7.91. The topological polar surface area (TPSA) is 57.6 Å². The van der Waals surface area contributed by atoms with Crippen molar-refractivity contribution in [2.45, 2.75) is 52.1 Å². The van der Waals surface area contributed by atoms with Crippen LogP contribution in [0.3, 0.4) is 0 Å². The Morgan fingerprint density at radius 2 is 1.84 bits per heavy atom. The number of hydrogen-bond acceptors (Lipinski definition) is 4. The molecule has 1 saturated heterocycles. The molecule has 19 heavy (non-hydrogen) atoms. The quantitative estimate of drug-likeness (QED) is 0.775. The summed E-state index contributed by atoms with van der Waals surface area (Å²) in [5, 5.41) is 10.5. The highest BCUT2D eigenvalue weighted by Gasteiger charge is 2.32. The van der Waals surface area contributed by atoms with Crippen molar-refractivity contribution in [3.63, 3.8) is 0 Å². The summed E-state index contributed by atoms with van der Waals surface area (Å²) in [6.07, 6.45) is 2.73. The molecule has 0 unspecified atom stereocenters. The molecular formula is C14H29NO3S. The zero-order valence-electron chi connectivity index (χ0n) is 12.6. The summed E-state index contributed by atoms with van der Waals surface area (Å²) in [5.41, 5.74) is -0.642. The van der Waals surface area contributed by atoms with Crippen LogP contribution in [0, 0.1) is 5.92 Å². The maximum Gasteiger partial charge on any atom is 0.150 e. The van der Waals surface area contributed by atoms with Gasteiger partial charge in [0.2, 0.25) is 0 Å². The van der Waals surface area contributed by atoms with E-state index in [0.29, 0.717) is 18.8 Å². The Morgan fingerprint density at radius 1 is 1.26 bits per heavy atom. The molecule has 114 valence electrons. The van der Waals surface area contributed by atoms with Crippen molar-refractivity contribution in [1.29, 1.82) is 0 Å². The summed E-state index contributed by atoms with van der Waals surface area (Å²) in [6.45, 7) is 9.02. The molecular weight excluding hydrogens is 262 g/mol. The molecule has 0 aromatic heterocycles. The van der Waals surface area contributed by atoms with E-state index in [2.05, 4.69) is 18.7 Å². The first-order chi connectivity index (χ1) is 8.76. The van der Waals surface area contributed by atoms with Gasteiger partial charge < -0.3 is 10.0 Å². The van der Waals surface area contributed by atoms with Gasteiger partial charge in [-0.3, -0.25) is 0 Å². The third-order valence-electron chi connectivity index (χ3n) is 3.95. The Labute approximate surface area is 118 Å². The van der Waals surface area contributed by atoms with Crippen molar-refractivity contribution >= 4 is 9.84 Å². The Bertz CT molecular complexity index is 357. The van der Waals surface area contributed by atoms with Gasteiger partial charge in [0.15, 0.2) is 0 Å². The molecule has 0 aliphatic carbocycles.